The van der Waals surface area contributed by atoms with E-state index in [0.717, 1.165) is 22.2 Å². The molecule has 2 N–H and O–H groups in total. The number of nitrogen functional groups attached to an aromatic ring is 1. The molecule has 3 aromatic rings. The molecule has 0 aliphatic rings. The predicted octanol–water partition coefficient (Wildman–Crippen LogP) is 2.27. The van der Waals surface area contributed by atoms with Crippen molar-refractivity contribution in [2.45, 2.75) is 0 Å². The minimum atomic E-state index is 0.280. The number of anilines is 1. The van der Waals surface area contributed by atoms with Crippen molar-refractivity contribution in [1.82, 2.24) is 15.0 Å². The third kappa shape index (κ3) is 1.69. The van der Waals surface area contributed by atoms with Gasteiger partial charge in [0, 0.05) is 23.3 Å². The summed E-state index contributed by atoms with van der Waals surface area (Å²) in [7, 11) is 0. The van der Waals surface area contributed by atoms with Gasteiger partial charge in [0.1, 0.15) is 0 Å². The zero-order chi connectivity index (χ0) is 11.7. The van der Waals surface area contributed by atoms with Crippen LogP contribution in [-0.2, 0) is 0 Å². The van der Waals surface area contributed by atoms with Gasteiger partial charge in [-0.3, -0.25) is 4.98 Å². The topological polar surface area (TPSA) is 64.7 Å². The molecule has 0 fully saturated rings. The van der Waals surface area contributed by atoms with Gasteiger partial charge in [-0.1, -0.05) is 18.2 Å². The molecule has 0 spiro atoms. The van der Waals surface area contributed by atoms with E-state index < -0.39 is 0 Å². The average molecular weight is 222 g/mol. The first-order chi connectivity index (χ1) is 8.34. The molecule has 3 rings (SSSR count). The van der Waals surface area contributed by atoms with Crippen LogP contribution in [-0.4, -0.2) is 15.0 Å². The van der Waals surface area contributed by atoms with Crippen molar-refractivity contribution in [3.8, 4) is 11.3 Å². The van der Waals surface area contributed by atoms with E-state index in [-0.39, 0.29) is 5.95 Å². The van der Waals surface area contributed by atoms with Crippen molar-refractivity contribution in [3.05, 3.63) is 48.8 Å². The Morgan fingerprint density at radius 1 is 0.941 bits per heavy atom. The lowest BCUT2D eigenvalue weighted by molar-refractivity contribution is 1.23. The monoisotopic (exact) mass is 222 g/mol. The first kappa shape index (κ1) is 9.72. The van der Waals surface area contributed by atoms with Gasteiger partial charge in [-0.25, -0.2) is 9.97 Å². The molecule has 17 heavy (non-hydrogen) atoms. The Morgan fingerprint density at radius 2 is 1.82 bits per heavy atom. The Bertz CT molecular complexity index is 665. The van der Waals surface area contributed by atoms with Crippen molar-refractivity contribution in [3.63, 3.8) is 0 Å². The number of pyridine rings is 1. The second-order valence-corrected chi connectivity index (χ2v) is 3.69. The summed E-state index contributed by atoms with van der Waals surface area (Å²) in [5, 5.41) is 0.981. The van der Waals surface area contributed by atoms with Crippen molar-refractivity contribution in [1.29, 1.82) is 0 Å². The van der Waals surface area contributed by atoms with Crippen molar-refractivity contribution in [2.24, 2.45) is 0 Å². The number of rotatable bonds is 1. The van der Waals surface area contributed by atoms with Crippen LogP contribution in [0.3, 0.4) is 0 Å². The number of nitrogens with zero attached hydrogens (tertiary/aromatic N) is 3. The van der Waals surface area contributed by atoms with Gasteiger partial charge in [0.15, 0.2) is 0 Å². The second-order valence-electron chi connectivity index (χ2n) is 3.69. The van der Waals surface area contributed by atoms with E-state index in [0.29, 0.717) is 0 Å². The molecule has 0 radical (unpaired) electrons. The van der Waals surface area contributed by atoms with Crippen molar-refractivity contribution >= 4 is 16.9 Å². The quantitative estimate of drug-likeness (QED) is 0.686. The molecule has 2 aromatic heterocycles. The maximum Gasteiger partial charge on any atom is 0.221 e. The SMILES string of the molecule is Nc1nc(-c2cccnc2)c2ccccc2n1. The van der Waals surface area contributed by atoms with Crippen LogP contribution in [0, 0.1) is 0 Å². The summed E-state index contributed by atoms with van der Waals surface area (Å²) in [6, 6.07) is 11.6. The molecule has 0 aliphatic carbocycles. The highest BCUT2D eigenvalue weighted by molar-refractivity contribution is 5.92. The van der Waals surface area contributed by atoms with Crippen LogP contribution in [0.4, 0.5) is 5.95 Å². The summed E-state index contributed by atoms with van der Waals surface area (Å²) in [6.45, 7) is 0. The highest BCUT2D eigenvalue weighted by Crippen LogP contribution is 2.25. The number of hydrogen-bond acceptors (Lipinski definition) is 4. The Labute approximate surface area is 98.2 Å². The summed E-state index contributed by atoms with van der Waals surface area (Å²) in [5.41, 5.74) is 8.33. The number of para-hydroxylation sites is 1. The fraction of sp³-hybridized carbons (Fsp3) is 0. The third-order valence-corrected chi connectivity index (χ3v) is 2.56. The third-order valence-electron chi connectivity index (χ3n) is 2.56. The van der Waals surface area contributed by atoms with Gasteiger partial charge in [0.05, 0.1) is 11.2 Å². The highest BCUT2D eigenvalue weighted by atomic mass is 15.0. The van der Waals surface area contributed by atoms with Gasteiger partial charge in [0.2, 0.25) is 5.95 Å². The molecule has 0 saturated heterocycles. The molecule has 0 bridgehead atoms. The number of nitrogens with two attached hydrogens (primary N) is 1. The van der Waals surface area contributed by atoms with E-state index in [1.54, 1.807) is 12.4 Å². The summed E-state index contributed by atoms with van der Waals surface area (Å²) in [6.07, 6.45) is 3.50. The lowest BCUT2D eigenvalue weighted by Crippen LogP contribution is -1.98. The molecule has 4 nitrogen and oxygen atoms in total. The lowest BCUT2D eigenvalue weighted by atomic mass is 10.1. The zero-order valence-electron chi connectivity index (χ0n) is 9.04. The van der Waals surface area contributed by atoms with Gasteiger partial charge >= 0.3 is 0 Å². The summed E-state index contributed by atoms with van der Waals surface area (Å²) >= 11 is 0. The Hall–Kier alpha value is -2.49. The number of hydrogen-bond donors (Lipinski definition) is 1. The van der Waals surface area contributed by atoms with Gasteiger partial charge < -0.3 is 5.73 Å². The van der Waals surface area contributed by atoms with Gasteiger partial charge in [0.25, 0.3) is 0 Å². The number of aromatic nitrogens is 3. The normalized spacial score (nSPS) is 10.6. The van der Waals surface area contributed by atoms with Gasteiger partial charge in [-0.05, 0) is 18.2 Å². The summed E-state index contributed by atoms with van der Waals surface area (Å²) in [5.74, 6) is 0.280. The predicted molar refractivity (Wildman–Crippen MR) is 67.2 cm³/mol. The summed E-state index contributed by atoms with van der Waals surface area (Å²) in [4.78, 5) is 12.6. The van der Waals surface area contributed by atoms with Gasteiger partial charge in [-0.15, -0.1) is 0 Å². The van der Waals surface area contributed by atoms with E-state index in [1.165, 1.54) is 0 Å². The minimum Gasteiger partial charge on any atom is -0.368 e. The van der Waals surface area contributed by atoms with Crippen LogP contribution in [0.2, 0.25) is 0 Å². The molecule has 1 aromatic carbocycles. The standard InChI is InChI=1S/C13H10N4/c14-13-16-11-6-2-1-5-10(11)12(17-13)9-4-3-7-15-8-9/h1-8H,(H2,14,16,17). The fourth-order valence-corrected chi connectivity index (χ4v) is 1.82. The van der Waals surface area contributed by atoms with E-state index in [1.807, 2.05) is 36.4 Å². The molecule has 0 atom stereocenters. The molecule has 0 unspecified atom stereocenters. The van der Waals surface area contributed by atoms with Crippen LogP contribution in [0.25, 0.3) is 22.2 Å². The Morgan fingerprint density at radius 3 is 2.65 bits per heavy atom. The average Bonchev–Trinajstić information content (AvgIpc) is 2.39. The Kier molecular flexibility index (Phi) is 2.19. The molecular weight excluding hydrogens is 212 g/mol. The molecule has 82 valence electrons. The maximum absolute atomic E-state index is 5.72. The lowest BCUT2D eigenvalue weighted by Gasteiger charge is -2.05. The second kappa shape index (κ2) is 3.83. The fourth-order valence-electron chi connectivity index (χ4n) is 1.82. The molecule has 0 aliphatic heterocycles. The van der Waals surface area contributed by atoms with E-state index in [4.69, 9.17) is 5.73 Å². The number of fused-ring (bicyclic) bond motifs is 1. The first-order valence-corrected chi connectivity index (χ1v) is 5.27. The molecule has 0 saturated carbocycles. The molecule has 4 heteroatoms. The van der Waals surface area contributed by atoms with Crippen LogP contribution in [0.15, 0.2) is 48.8 Å². The summed E-state index contributed by atoms with van der Waals surface area (Å²) < 4.78 is 0. The smallest absolute Gasteiger partial charge is 0.221 e. The maximum atomic E-state index is 5.72. The largest absolute Gasteiger partial charge is 0.368 e. The van der Waals surface area contributed by atoms with E-state index in [9.17, 15) is 0 Å². The molecule has 2 heterocycles. The van der Waals surface area contributed by atoms with Crippen LogP contribution in [0.5, 0.6) is 0 Å². The van der Waals surface area contributed by atoms with Gasteiger partial charge in [-0.2, -0.15) is 0 Å². The Balaban J connectivity index is 2.36. The van der Waals surface area contributed by atoms with Crippen LogP contribution < -0.4 is 5.73 Å². The van der Waals surface area contributed by atoms with Crippen LogP contribution in [0.1, 0.15) is 0 Å². The van der Waals surface area contributed by atoms with E-state index in [2.05, 4.69) is 15.0 Å². The molecular formula is C13H10N4. The minimum absolute atomic E-state index is 0.280. The molecule has 0 amide bonds. The number of benzene rings is 1. The van der Waals surface area contributed by atoms with Crippen molar-refractivity contribution < 1.29 is 0 Å². The first-order valence-electron chi connectivity index (χ1n) is 5.27. The van der Waals surface area contributed by atoms with Crippen LogP contribution >= 0.6 is 0 Å². The highest BCUT2D eigenvalue weighted by Gasteiger charge is 2.07. The zero-order valence-corrected chi connectivity index (χ0v) is 9.04. The van der Waals surface area contributed by atoms with Crippen molar-refractivity contribution in [2.75, 3.05) is 5.73 Å². The van der Waals surface area contributed by atoms with E-state index >= 15 is 0 Å².